The zero-order valence-corrected chi connectivity index (χ0v) is 19.4. The molecule has 4 rings (SSSR count). The molecule has 0 aliphatic carbocycles. The van der Waals surface area contributed by atoms with E-state index < -0.39 is 0 Å². The first kappa shape index (κ1) is 22.3. The van der Waals surface area contributed by atoms with Crippen LogP contribution in [0.25, 0.3) is 11.0 Å². The van der Waals surface area contributed by atoms with Gasteiger partial charge in [0.2, 0.25) is 5.91 Å². The zero-order chi connectivity index (χ0) is 23.5. The second-order valence-corrected chi connectivity index (χ2v) is 8.35. The number of aryl methyl sites for hydroxylation is 2. The van der Waals surface area contributed by atoms with Crippen LogP contribution in [0.1, 0.15) is 40.3 Å². The van der Waals surface area contributed by atoms with Crippen LogP contribution in [0.3, 0.4) is 0 Å². The summed E-state index contributed by atoms with van der Waals surface area (Å²) < 4.78 is 1.89. The predicted molar refractivity (Wildman–Crippen MR) is 131 cm³/mol. The number of fused-ring (bicyclic) bond motifs is 1. The van der Waals surface area contributed by atoms with E-state index in [0.717, 1.165) is 27.8 Å². The number of imidazole rings is 1. The smallest absolute Gasteiger partial charge is 0.252 e. The molecule has 0 bridgehead atoms. The fraction of sp³-hybridized carbons (Fsp3) is 0.222. The Balaban J connectivity index is 1.63. The number of aromatic nitrogens is 2. The first-order valence-corrected chi connectivity index (χ1v) is 11.0. The van der Waals surface area contributed by atoms with Crippen molar-refractivity contribution in [2.24, 2.45) is 0 Å². The van der Waals surface area contributed by atoms with Gasteiger partial charge in [-0.1, -0.05) is 48.0 Å². The van der Waals surface area contributed by atoms with Gasteiger partial charge in [-0.25, -0.2) is 4.98 Å². The van der Waals surface area contributed by atoms with E-state index in [1.807, 2.05) is 98.1 Å². The Hall–Kier alpha value is -3.93. The number of hydrogen-bond donors (Lipinski definition) is 1. The summed E-state index contributed by atoms with van der Waals surface area (Å²) in [7, 11) is 1.77. The zero-order valence-electron chi connectivity index (χ0n) is 19.4. The first-order valence-electron chi connectivity index (χ1n) is 11.0. The van der Waals surface area contributed by atoms with E-state index in [2.05, 4.69) is 5.32 Å². The Morgan fingerprint density at radius 1 is 1.00 bits per heavy atom. The van der Waals surface area contributed by atoms with Crippen molar-refractivity contribution in [3.05, 3.63) is 95.3 Å². The van der Waals surface area contributed by atoms with Crippen molar-refractivity contribution in [1.82, 2.24) is 14.9 Å². The lowest BCUT2D eigenvalue weighted by molar-refractivity contribution is -0.118. The van der Waals surface area contributed by atoms with E-state index >= 15 is 0 Å². The predicted octanol–water partition coefficient (Wildman–Crippen LogP) is 4.81. The largest absolute Gasteiger partial charge is 0.342 e. The molecule has 6 heteroatoms. The summed E-state index contributed by atoms with van der Waals surface area (Å²) in [6.07, 6.45) is 0. The topological polar surface area (TPSA) is 67.2 Å². The third-order valence-electron chi connectivity index (χ3n) is 5.86. The van der Waals surface area contributed by atoms with Gasteiger partial charge < -0.3 is 14.8 Å². The summed E-state index contributed by atoms with van der Waals surface area (Å²) >= 11 is 0. The van der Waals surface area contributed by atoms with Crippen LogP contribution in [0.15, 0.2) is 72.8 Å². The normalized spacial score (nSPS) is 11.9. The first-order chi connectivity index (χ1) is 15.8. The standard InChI is InChI=1S/C27H28N4O2/c1-18-14-15-22(19(2)16-18)27(33)28-20(3)26-29-23-12-8-9-13-24(23)31(26)17-25(32)30(4)21-10-6-5-7-11-21/h5-16,20H,17H2,1-4H3,(H,28,33). The van der Waals surface area contributed by atoms with Crippen LogP contribution >= 0.6 is 0 Å². The number of nitrogens with zero attached hydrogens (tertiary/aromatic N) is 3. The van der Waals surface area contributed by atoms with Crippen LogP contribution in [-0.2, 0) is 11.3 Å². The molecule has 1 aromatic heterocycles. The fourth-order valence-electron chi connectivity index (χ4n) is 4.04. The number of amides is 2. The Labute approximate surface area is 193 Å². The molecule has 1 atom stereocenters. The third kappa shape index (κ3) is 4.65. The second kappa shape index (κ2) is 9.28. The SMILES string of the molecule is Cc1ccc(C(=O)NC(C)c2nc3ccccc3n2CC(=O)N(C)c2ccccc2)c(C)c1. The molecule has 0 saturated carbocycles. The molecule has 0 radical (unpaired) electrons. The maximum absolute atomic E-state index is 13.1. The van der Waals surface area contributed by atoms with Gasteiger partial charge >= 0.3 is 0 Å². The third-order valence-corrected chi connectivity index (χ3v) is 5.86. The number of benzene rings is 3. The van der Waals surface area contributed by atoms with Crippen LogP contribution in [0.5, 0.6) is 0 Å². The minimum Gasteiger partial charge on any atom is -0.342 e. The van der Waals surface area contributed by atoms with Crippen molar-refractivity contribution < 1.29 is 9.59 Å². The van der Waals surface area contributed by atoms with Gasteiger partial charge in [-0.2, -0.15) is 0 Å². The molecule has 33 heavy (non-hydrogen) atoms. The van der Waals surface area contributed by atoms with E-state index in [1.165, 1.54) is 0 Å². The van der Waals surface area contributed by atoms with Crippen molar-refractivity contribution in [3.8, 4) is 0 Å². The van der Waals surface area contributed by atoms with Crippen molar-refractivity contribution in [2.45, 2.75) is 33.4 Å². The molecular weight excluding hydrogens is 412 g/mol. The van der Waals surface area contributed by atoms with Gasteiger partial charge in [-0.3, -0.25) is 9.59 Å². The Morgan fingerprint density at radius 2 is 1.70 bits per heavy atom. The van der Waals surface area contributed by atoms with Gasteiger partial charge in [0, 0.05) is 18.3 Å². The van der Waals surface area contributed by atoms with Crippen molar-refractivity contribution in [2.75, 3.05) is 11.9 Å². The van der Waals surface area contributed by atoms with Gasteiger partial charge in [0.1, 0.15) is 12.4 Å². The molecule has 2 amide bonds. The molecule has 0 spiro atoms. The molecule has 1 heterocycles. The maximum Gasteiger partial charge on any atom is 0.252 e. The van der Waals surface area contributed by atoms with Crippen LogP contribution in [-0.4, -0.2) is 28.4 Å². The van der Waals surface area contributed by atoms with Gasteiger partial charge in [-0.05, 0) is 56.7 Å². The Morgan fingerprint density at radius 3 is 2.42 bits per heavy atom. The van der Waals surface area contributed by atoms with Crippen molar-refractivity contribution >= 4 is 28.5 Å². The lowest BCUT2D eigenvalue weighted by Gasteiger charge is -2.20. The highest BCUT2D eigenvalue weighted by atomic mass is 16.2. The van der Waals surface area contributed by atoms with E-state index in [9.17, 15) is 9.59 Å². The summed E-state index contributed by atoms with van der Waals surface area (Å²) in [5.41, 5.74) is 5.14. The molecule has 0 aliphatic heterocycles. The van der Waals surface area contributed by atoms with Gasteiger partial charge in [0.25, 0.3) is 5.91 Å². The lowest BCUT2D eigenvalue weighted by Crippen LogP contribution is -2.33. The van der Waals surface area contributed by atoms with E-state index in [1.54, 1.807) is 11.9 Å². The summed E-state index contributed by atoms with van der Waals surface area (Å²) in [4.78, 5) is 32.5. The number of nitrogens with one attached hydrogen (secondary N) is 1. The molecule has 1 unspecified atom stereocenters. The molecule has 0 saturated heterocycles. The summed E-state index contributed by atoms with van der Waals surface area (Å²) in [5.74, 6) is 0.411. The minimum absolute atomic E-state index is 0.0708. The Bertz CT molecular complexity index is 1310. The number of para-hydroxylation sites is 3. The minimum atomic E-state index is -0.388. The average Bonchev–Trinajstić information content (AvgIpc) is 3.17. The molecule has 6 nitrogen and oxygen atoms in total. The highest BCUT2D eigenvalue weighted by molar-refractivity contribution is 5.96. The molecule has 3 aromatic carbocycles. The molecule has 0 fully saturated rings. The molecular formula is C27H28N4O2. The number of likely N-dealkylation sites (N-methyl/N-ethyl adjacent to an activating group) is 1. The van der Waals surface area contributed by atoms with Gasteiger partial charge in [0.05, 0.1) is 17.1 Å². The van der Waals surface area contributed by atoms with Crippen molar-refractivity contribution in [1.29, 1.82) is 0 Å². The van der Waals surface area contributed by atoms with Gasteiger partial charge in [0.15, 0.2) is 0 Å². The van der Waals surface area contributed by atoms with Crippen LogP contribution < -0.4 is 10.2 Å². The molecule has 4 aromatic rings. The van der Waals surface area contributed by atoms with E-state index in [0.29, 0.717) is 11.4 Å². The number of rotatable bonds is 6. The highest BCUT2D eigenvalue weighted by Gasteiger charge is 2.22. The molecule has 0 aliphatic rings. The van der Waals surface area contributed by atoms with E-state index in [-0.39, 0.29) is 24.4 Å². The monoisotopic (exact) mass is 440 g/mol. The van der Waals surface area contributed by atoms with Crippen LogP contribution in [0.4, 0.5) is 5.69 Å². The summed E-state index contributed by atoms with van der Waals surface area (Å²) in [6.45, 7) is 5.94. The highest BCUT2D eigenvalue weighted by Crippen LogP contribution is 2.23. The fourth-order valence-corrected chi connectivity index (χ4v) is 4.04. The quantitative estimate of drug-likeness (QED) is 0.468. The van der Waals surface area contributed by atoms with Crippen LogP contribution in [0.2, 0.25) is 0 Å². The van der Waals surface area contributed by atoms with Crippen molar-refractivity contribution in [3.63, 3.8) is 0 Å². The number of carbonyl (C=O) groups is 2. The average molecular weight is 441 g/mol. The number of carbonyl (C=O) groups excluding carboxylic acids is 2. The number of hydrogen-bond acceptors (Lipinski definition) is 3. The maximum atomic E-state index is 13.1. The number of anilines is 1. The lowest BCUT2D eigenvalue weighted by atomic mass is 10.0. The van der Waals surface area contributed by atoms with E-state index in [4.69, 9.17) is 4.98 Å². The molecule has 1 N–H and O–H groups in total. The summed E-state index contributed by atoms with van der Waals surface area (Å²) in [6, 6.07) is 22.6. The Kier molecular flexibility index (Phi) is 6.27. The van der Waals surface area contributed by atoms with Crippen LogP contribution in [0, 0.1) is 13.8 Å². The van der Waals surface area contributed by atoms with Gasteiger partial charge in [-0.15, -0.1) is 0 Å². The molecule has 168 valence electrons. The summed E-state index contributed by atoms with van der Waals surface area (Å²) in [5, 5.41) is 3.06. The second-order valence-electron chi connectivity index (χ2n) is 8.35.